The Balaban J connectivity index is 2.11. The van der Waals surface area contributed by atoms with Gasteiger partial charge in [-0.2, -0.15) is 0 Å². The second-order valence-corrected chi connectivity index (χ2v) is 5.15. The highest BCUT2D eigenvalue weighted by molar-refractivity contribution is 5.48. The minimum absolute atomic E-state index is 0.292. The summed E-state index contributed by atoms with van der Waals surface area (Å²) in [6.07, 6.45) is 1.93. The number of para-hydroxylation sites is 1. The van der Waals surface area contributed by atoms with Gasteiger partial charge in [-0.25, -0.2) is 8.78 Å². The average Bonchev–Trinajstić information content (AvgIpc) is 2.52. The van der Waals surface area contributed by atoms with Gasteiger partial charge < -0.3 is 10.1 Å². The van der Waals surface area contributed by atoms with E-state index in [-0.39, 0.29) is 0 Å². The van der Waals surface area contributed by atoms with Crippen molar-refractivity contribution in [3.05, 3.63) is 64.7 Å². The fourth-order valence-corrected chi connectivity index (χ4v) is 2.86. The van der Waals surface area contributed by atoms with E-state index in [1.807, 2.05) is 18.2 Å². The lowest BCUT2D eigenvalue weighted by atomic mass is 9.93. The van der Waals surface area contributed by atoms with Crippen LogP contribution >= 0.6 is 0 Å². The van der Waals surface area contributed by atoms with E-state index in [1.54, 1.807) is 13.1 Å². The van der Waals surface area contributed by atoms with E-state index in [0.29, 0.717) is 12.2 Å². The molecule has 0 bridgehead atoms. The van der Waals surface area contributed by atoms with E-state index in [9.17, 15) is 8.78 Å². The van der Waals surface area contributed by atoms with Crippen LogP contribution in [-0.4, -0.2) is 13.7 Å². The molecule has 21 heavy (non-hydrogen) atoms. The fraction of sp³-hybridized carbons (Fsp3) is 0.294. The molecule has 1 aliphatic heterocycles. The molecule has 1 N–H and O–H groups in total. The lowest BCUT2D eigenvalue weighted by molar-refractivity contribution is 0.283. The topological polar surface area (TPSA) is 21.3 Å². The molecule has 0 aromatic heterocycles. The predicted octanol–water partition coefficient (Wildman–Crippen LogP) is 3.60. The maximum atomic E-state index is 14.1. The highest BCUT2D eigenvalue weighted by atomic mass is 19.2. The van der Waals surface area contributed by atoms with Crippen LogP contribution in [0.15, 0.2) is 36.4 Å². The van der Waals surface area contributed by atoms with Gasteiger partial charge in [-0.3, -0.25) is 0 Å². The second kappa shape index (κ2) is 5.82. The van der Waals surface area contributed by atoms with Gasteiger partial charge in [0.25, 0.3) is 0 Å². The van der Waals surface area contributed by atoms with Crippen molar-refractivity contribution >= 4 is 0 Å². The van der Waals surface area contributed by atoms with Crippen molar-refractivity contribution in [1.82, 2.24) is 5.32 Å². The van der Waals surface area contributed by atoms with Crippen LogP contribution in [-0.2, 0) is 6.42 Å². The first kappa shape index (κ1) is 14.0. The quantitative estimate of drug-likeness (QED) is 0.932. The minimum atomic E-state index is -0.835. The van der Waals surface area contributed by atoms with Crippen molar-refractivity contribution in [2.24, 2.45) is 0 Å². The third-order valence-electron chi connectivity index (χ3n) is 3.86. The van der Waals surface area contributed by atoms with Crippen molar-refractivity contribution in [3.63, 3.8) is 0 Å². The first-order valence-electron chi connectivity index (χ1n) is 7.08. The molecule has 0 fully saturated rings. The Morgan fingerprint density at radius 3 is 2.67 bits per heavy atom. The van der Waals surface area contributed by atoms with Gasteiger partial charge in [-0.15, -0.1) is 0 Å². The molecule has 0 saturated heterocycles. The van der Waals surface area contributed by atoms with Crippen LogP contribution in [0.5, 0.6) is 5.75 Å². The number of hydrogen-bond donors (Lipinski definition) is 1. The van der Waals surface area contributed by atoms with Gasteiger partial charge in [0.1, 0.15) is 5.75 Å². The summed E-state index contributed by atoms with van der Waals surface area (Å²) in [4.78, 5) is 0. The second-order valence-electron chi connectivity index (χ2n) is 5.15. The maximum absolute atomic E-state index is 14.1. The average molecular weight is 289 g/mol. The van der Waals surface area contributed by atoms with Crippen molar-refractivity contribution in [2.45, 2.75) is 18.9 Å². The molecule has 2 aromatic rings. The van der Waals surface area contributed by atoms with Gasteiger partial charge in [-0.05, 0) is 31.5 Å². The first-order chi connectivity index (χ1) is 10.2. The monoisotopic (exact) mass is 289 g/mol. The number of fused-ring (bicyclic) bond motifs is 1. The number of nitrogens with one attached hydrogen (secondary N) is 1. The molecule has 2 aromatic carbocycles. The summed E-state index contributed by atoms with van der Waals surface area (Å²) in [7, 11) is 1.73. The van der Waals surface area contributed by atoms with Gasteiger partial charge in [0.2, 0.25) is 0 Å². The summed E-state index contributed by atoms with van der Waals surface area (Å²) in [6, 6.07) is 9.67. The smallest absolute Gasteiger partial charge is 0.163 e. The fourth-order valence-electron chi connectivity index (χ4n) is 2.86. The van der Waals surface area contributed by atoms with E-state index in [1.165, 1.54) is 6.07 Å². The third-order valence-corrected chi connectivity index (χ3v) is 3.86. The summed E-state index contributed by atoms with van der Waals surface area (Å²) in [5.41, 5.74) is 2.26. The van der Waals surface area contributed by atoms with E-state index in [2.05, 4.69) is 5.32 Å². The van der Waals surface area contributed by atoms with Crippen LogP contribution in [0.4, 0.5) is 8.78 Å². The molecular formula is C17H17F2NO. The van der Waals surface area contributed by atoms with Gasteiger partial charge in [0.05, 0.1) is 12.6 Å². The molecule has 110 valence electrons. The molecule has 1 heterocycles. The molecule has 0 radical (unpaired) electrons. The summed E-state index contributed by atoms with van der Waals surface area (Å²) in [5, 5.41) is 3.07. The lowest BCUT2D eigenvalue weighted by Gasteiger charge is -2.25. The minimum Gasteiger partial charge on any atom is -0.493 e. The standard InChI is InChI=1S/C17H17F2NO/c1-20-16(12-7-3-9-14(18)15(12)19)13-8-2-5-11-6-4-10-21-17(11)13/h2-3,5,7-9,16,20H,4,6,10H2,1H3. The number of rotatable bonds is 3. The van der Waals surface area contributed by atoms with Gasteiger partial charge in [-0.1, -0.05) is 30.3 Å². The summed E-state index contributed by atoms with van der Waals surface area (Å²) < 4.78 is 33.4. The highest BCUT2D eigenvalue weighted by Crippen LogP contribution is 2.36. The Labute approximate surface area is 122 Å². The Hall–Kier alpha value is -1.94. The predicted molar refractivity (Wildman–Crippen MR) is 77.5 cm³/mol. The Kier molecular flexibility index (Phi) is 3.88. The molecule has 4 heteroatoms. The molecule has 0 saturated carbocycles. The van der Waals surface area contributed by atoms with Crippen LogP contribution in [0.1, 0.15) is 29.2 Å². The van der Waals surface area contributed by atoms with Crippen molar-refractivity contribution in [2.75, 3.05) is 13.7 Å². The molecular weight excluding hydrogens is 272 g/mol. The van der Waals surface area contributed by atoms with E-state index in [4.69, 9.17) is 4.74 Å². The van der Waals surface area contributed by atoms with Crippen LogP contribution in [0, 0.1) is 11.6 Å². The van der Waals surface area contributed by atoms with Crippen molar-refractivity contribution < 1.29 is 13.5 Å². The summed E-state index contributed by atoms with van der Waals surface area (Å²) in [5.74, 6) is -0.851. The van der Waals surface area contributed by atoms with Crippen LogP contribution in [0.3, 0.4) is 0 Å². The zero-order chi connectivity index (χ0) is 14.8. The zero-order valence-electron chi connectivity index (χ0n) is 11.8. The molecule has 1 aliphatic rings. The molecule has 2 nitrogen and oxygen atoms in total. The Morgan fingerprint density at radius 1 is 1.10 bits per heavy atom. The molecule has 0 amide bonds. The van der Waals surface area contributed by atoms with E-state index < -0.39 is 17.7 Å². The number of benzene rings is 2. The molecule has 0 aliphatic carbocycles. The van der Waals surface area contributed by atoms with Gasteiger partial charge >= 0.3 is 0 Å². The van der Waals surface area contributed by atoms with Crippen molar-refractivity contribution in [1.29, 1.82) is 0 Å². The zero-order valence-corrected chi connectivity index (χ0v) is 11.8. The number of halogens is 2. The summed E-state index contributed by atoms with van der Waals surface area (Å²) >= 11 is 0. The number of ether oxygens (including phenoxy) is 1. The lowest BCUT2D eigenvalue weighted by Crippen LogP contribution is -2.22. The SMILES string of the molecule is CNC(c1cccc(F)c1F)c1cccc2c1OCCC2. The van der Waals surface area contributed by atoms with E-state index >= 15 is 0 Å². The summed E-state index contributed by atoms with van der Waals surface area (Å²) in [6.45, 7) is 0.659. The number of hydrogen-bond acceptors (Lipinski definition) is 2. The van der Waals surface area contributed by atoms with E-state index in [0.717, 1.165) is 35.8 Å². The Morgan fingerprint density at radius 2 is 1.86 bits per heavy atom. The Bertz CT molecular complexity index is 657. The normalized spacial score (nSPS) is 15.2. The molecule has 0 spiro atoms. The first-order valence-corrected chi connectivity index (χ1v) is 7.08. The highest BCUT2D eigenvalue weighted by Gasteiger charge is 2.24. The maximum Gasteiger partial charge on any atom is 0.163 e. The van der Waals surface area contributed by atoms with Gasteiger partial charge in [0.15, 0.2) is 11.6 Å². The van der Waals surface area contributed by atoms with Gasteiger partial charge in [0, 0.05) is 11.1 Å². The van der Waals surface area contributed by atoms with Crippen LogP contribution in [0.2, 0.25) is 0 Å². The molecule has 1 atom stereocenters. The number of aryl methyl sites for hydroxylation is 1. The van der Waals surface area contributed by atoms with Crippen molar-refractivity contribution in [3.8, 4) is 5.75 Å². The van der Waals surface area contributed by atoms with Crippen LogP contribution in [0.25, 0.3) is 0 Å². The van der Waals surface area contributed by atoms with Crippen LogP contribution < -0.4 is 10.1 Å². The third kappa shape index (κ3) is 2.51. The largest absolute Gasteiger partial charge is 0.493 e. The molecule has 1 unspecified atom stereocenters. The molecule has 3 rings (SSSR count).